The Morgan fingerprint density at radius 1 is 1.06 bits per heavy atom. The van der Waals surface area contributed by atoms with Gasteiger partial charge in [-0.25, -0.2) is 4.39 Å². The summed E-state index contributed by atoms with van der Waals surface area (Å²) in [5.41, 5.74) is 2.59. The lowest BCUT2D eigenvalue weighted by atomic mass is 10.1. The van der Waals surface area contributed by atoms with Gasteiger partial charge in [0.15, 0.2) is 0 Å². The molecule has 174 valence electrons. The predicted molar refractivity (Wildman–Crippen MR) is 123 cm³/mol. The number of nitrogens with zero attached hydrogens (tertiary/aromatic N) is 2. The minimum absolute atomic E-state index is 0.173. The van der Waals surface area contributed by atoms with Gasteiger partial charge in [0.05, 0.1) is 5.56 Å². The third kappa shape index (κ3) is 5.06. The maximum atomic E-state index is 13.3. The van der Waals surface area contributed by atoms with Crippen LogP contribution in [0.5, 0.6) is 11.5 Å². The van der Waals surface area contributed by atoms with Crippen LogP contribution < -0.4 is 9.47 Å². The van der Waals surface area contributed by atoms with Crippen molar-refractivity contribution in [1.29, 1.82) is 0 Å². The van der Waals surface area contributed by atoms with Crippen molar-refractivity contribution < 1.29 is 28.2 Å². The SMILES string of the molecule is CC(=O)Oc1c(C)cccc1C1=NN(C(C)=O)[C@@H](c2ccc(OCc3cccc(F)c3)cc2)O1. The van der Waals surface area contributed by atoms with Crippen molar-refractivity contribution in [2.45, 2.75) is 33.6 Å². The third-order valence-corrected chi connectivity index (χ3v) is 5.11. The minimum atomic E-state index is -0.796. The molecule has 8 heteroatoms. The van der Waals surface area contributed by atoms with E-state index in [2.05, 4.69) is 5.10 Å². The Bertz CT molecular complexity index is 1260. The first-order chi connectivity index (χ1) is 16.3. The molecule has 1 aliphatic rings. The largest absolute Gasteiger partial charge is 0.489 e. The molecule has 0 N–H and O–H groups in total. The second-order valence-corrected chi connectivity index (χ2v) is 7.77. The van der Waals surface area contributed by atoms with Crippen LogP contribution >= 0.6 is 0 Å². The number of ether oxygens (including phenoxy) is 3. The summed E-state index contributed by atoms with van der Waals surface area (Å²) in [5.74, 6) is -0.0144. The summed E-state index contributed by atoms with van der Waals surface area (Å²) in [6.07, 6.45) is -0.796. The number of benzene rings is 3. The highest BCUT2D eigenvalue weighted by Gasteiger charge is 2.34. The van der Waals surface area contributed by atoms with Crippen molar-refractivity contribution in [3.8, 4) is 11.5 Å². The number of rotatable bonds is 6. The second-order valence-electron chi connectivity index (χ2n) is 7.77. The molecule has 0 bridgehead atoms. The Morgan fingerprint density at radius 2 is 1.79 bits per heavy atom. The standard InChI is InChI=1S/C26H23FN2O5/c1-16-6-4-9-23(24(16)33-18(3)31)25-28-29(17(2)30)26(34-25)20-10-12-22(13-11-20)32-15-19-7-5-8-21(27)14-19/h4-14,26H,15H2,1-3H3/t26-/m1/s1. The van der Waals surface area contributed by atoms with Crippen LogP contribution in [0.15, 0.2) is 71.8 Å². The van der Waals surface area contributed by atoms with Gasteiger partial charge in [-0.05, 0) is 60.5 Å². The Balaban J connectivity index is 1.53. The van der Waals surface area contributed by atoms with Crippen LogP contribution in [-0.4, -0.2) is 22.8 Å². The highest BCUT2D eigenvalue weighted by atomic mass is 19.1. The number of aryl methyl sites for hydroxylation is 1. The highest BCUT2D eigenvalue weighted by Crippen LogP contribution is 2.34. The topological polar surface area (TPSA) is 77.4 Å². The summed E-state index contributed by atoms with van der Waals surface area (Å²) < 4.78 is 30.5. The first-order valence-electron chi connectivity index (χ1n) is 10.6. The number of carbonyl (C=O) groups is 2. The number of halogens is 1. The quantitative estimate of drug-likeness (QED) is 0.386. The van der Waals surface area contributed by atoms with E-state index in [-0.39, 0.29) is 24.2 Å². The highest BCUT2D eigenvalue weighted by molar-refractivity contribution is 5.99. The van der Waals surface area contributed by atoms with Gasteiger partial charge >= 0.3 is 5.97 Å². The zero-order valence-corrected chi connectivity index (χ0v) is 18.9. The van der Waals surface area contributed by atoms with Gasteiger partial charge in [0, 0.05) is 19.4 Å². The first kappa shape index (κ1) is 23.0. The van der Waals surface area contributed by atoms with Gasteiger partial charge < -0.3 is 14.2 Å². The van der Waals surface area contributed by atoms with E-state index in [0.717, 1.165) is 5.56 Å². The molecule has 0 aliphatic carbocycles. The number of esters is 1. The maximum Gasteiger partial charge on any atom is 0.308 e. The van der Waals surface area contributed by atoms with Crippen molar-refractivity contribution in [2.24, 2.45) is 5.10 Å². The number of hydrogen-bond donors (Lipinski definition) is 0. The smallest absolute Gasteiger partial charge is 0.308 e. The molecular formula is C26H23FN2O5. The molecule has 0 radical (unpaired) electrons. The van der Waals surface area contributed by atoms with E-state index in [1.807, 2.05) is 0 Å². The molecule has 3 aromatic carbocycles. The lowest BCUT2D eigenvalue weighted by Crippen LogP contribution is -2.25. The minimum Gasteiger partial charge on any atom is -0.489 e. The number of amides is 1. The van der Waals surface area contributed by atoms with Crippen molar-refractivity contribution in [3.05, 3.63) is 94.8 Å². The van der Waals surface area contributed by atoms with Gasteiger partial charge in [-0.15, -0.1) is 5.10 Å². The molecule has 0 aromatic heterocycles. The molecular weight excluding hydrogens is 439 g/mol. The van der Waals surface area contributed by atoms with E-state index in [1.54, 1.807) is 61.5 Å². The van der Waals surface area contributed by atoms with Crippen LogP contribution in [-0.2, 0) is 20.9 Å². The fourth-order valence-corrected chi connectivity index (χ4v) is 3.51. The Kier molecular flexibility index (Phi) is 6.58. The average molecular weight is 462 g/mol. The van der Waals surface area contributed by atoms with Crippen LogP contribution in [0.4, 0.5) is 4.39 Å². The average Bonchev–Trinajstić information content (AvgIpc) is 3.25. The van der Waals surface area contributed by atoms with Crippen molar-refractivity contribution in [1.82, 2.24) is 5.01 Å². The number of hydrogen-bond acceptors (Lipinski definition) is 6. The van der Waals surface area contributed by atoms with Crippen LogP contribution in [0.1, 0.15) is 42.3 Å². The summed E-state index contributed by atoms with van der Waals surface area (Å²) >= 11 is 0. The fraction of sp³-hybridized carbons (Fsp3) is 0.192. The van der Waals surface area contributed by atoms with Crippen LogP contribution in [0, 0.1) is 12.7 Å². The first-order valence-corrected chi connectivity index (χ1v) is 10.6. The molecule has 34 heavy (non-hydrogen) atoms. The van der Waals surface area contributed by atoms with E-state index in [1.165, 1.54) is 31.0 Å². The Labute approximate surface area is 196 Å². The number of para-hydroxylation sites is 1. The van der Waals surface area contributed by atoms with E-state index < -0.39 is 12.2 Å². The normalized spacial score (nSPS) is 14.9. The second kappa shape index (κ2) is 9.74. The summed E-state index contributed by atoms with van der Waals surface area (Å²) in [4.78, 5) is 23.9. The molecule has 1 aliphatic heterocycles. The van der Waals surface area contributed by atoms with Crippen LogP contribution in [0.2, 0.25) is 0 Å². The van der Waals surface area contributed by atoms with E-state index in [4.69, 9.17) is 14.2 Å². The van der Waals surface area contributed by atoms with E-state index >= 15 is 0 Å². The monoisotopic (exact) mass is 462 g/mol. The molecule has 3 aromatic rings. The summed E-state index contributed by atoms with van der Waals surface area (Å²) in [6, 6.07) is 18.5. The lowest BCUT2D eigenvalue weighted by Gasteiger charge is -2.19. The van der Waals surface area contributed by atoms with Gasteiger partial charge in [0.1, 0.15) is 23.9 Å². The molecule has 0 saturated heterocycles. The molecule has 1 atom stereocenters. The fourth-order valence-electron chi connectivity index (χ4n) is 3.51. The van der Waals surface area contributed by atoms with Crippen LogP contribution in [0.25, 0.3) is 0 Å². The molecule has 7 nitrogen and oxygen atoms in total. The molecule has 0 saturated carbocycles. The van der Waals surface area contributed by atoms with E-state index in [0.29, 0.717) is 28.2 Å². The molecule has 0 fully saturated rings. The zero-order valence-electron chi connectivity index (χ0n) is 18.9. The van der Waals surface area contributed by atoms with Crippen molar-refractivity contribution >= 4 is 17.8 Å². The van der Waals surface area contributed by atoms with Gasteiger partial charge in [0.2, 0.25) is 18.0 Å². The number of carbonyl (C=O) groups excluding carboxylic acids is 2. The van der Waals surface area contributed by atoms with Gasteiger partial charge in [-0.1, -0.05) is 24.3 Å². The maximum absolute atomic E-state index is 13.3. The van der Waals surface area contributed by atoms with Crippen LogP contribution in [0.3, 0.4) is 0 Å². The molecule has 1 heterocycles. The summed E-state index contributed by atoms with van der Waals surface area (Å²) in [7, 11) is 0. The summed E-state index contributed by atoms with van der Waals surface area (Å²) in [5, 5.41) is 5.59. The lowest BCUT2D eigenvalue weighted by molar-refractivity contribution is -0.135. The molecule has 1 amide bonds. The zero-order chi connectivity index (χ0) is 24.2. The van der Waals surface area contributed by atoms with Crippen molar-refractivity contribution in [2.75, 3.05) is 0 Å². The Morgan fingerprint density at radius 3 is 2.47 bits per heavy atom. The third-order valence-electron chi connectivity index (χ3n) is 5.11. The molecule has 0 spiro atoms. The Hall–Kier alpha value is -4.20. The molecule has 4 rings (SSSR count). The number of hydrazone groups is 1. The van der Waals surface area contributed by atoms with Gasteiger partial charge in [-0.2, -0.15) is 5.01 Å². The molecule has 0 unspecified atom stereocenters. The van der Waals surface area contributed by atoms with Gasteiger partial charge in [0.25, 0.3) is 0 Å². The van der Waals surface area contributed by atoms with Crippen molar-refractivity contribution in [3.63, 3.8) is 0 Å². The summed E-state index contributed by atoms with van der Waals surface area (Å²) in [6.45, 7) is 4.73. The predicted octanol–water partition coefficient (Wildman–Crippen LogP) is 4.88. The van der Waals surface area contributed by atoms with Gasteiger partial charge in [-0.3, -0.25) is 9.59 Å². The van der Waals surface area contributed by atoms with E-state index in [9.17, 15) is 14.0 Å².